The fourth-order valence-corrected chi connectivity index (χ4v) is 3.49. The molecule has 0 saturated carbocycles. The number of carbonyl (C=O) groups is 2. The zero-order chi connectivity index (χ0) is 23.2. The van der Waals surface area contributed by atoms with E-state index in [0.29, 0.717) is 22.0 Å². The Hall–Kier alpha value is -3.96. The third kappa shape index (κ3) is 5.27. The van der Waals surface area contributed by atoms with Gasteiger partial charge < -0.3 is 9.47 Å². The van der Waals surface area contributed by atoms with Crippen LogP contribution in [0.2, 0.25) is 5.15 Å². The summed E-state index contributed by atoms with van der Waals surface area (Å²) in [5.41, 5.74) is 3.20. The molecule has 0 aliphatic carbocycles. The van der Waals surface area contributed by atoms with Gasteiger partial charge in [0.2, 0.25) is 0 Å². The number of allylic oxidation sites excluding steroid dienone is 1. The minimum absolute atomic E-state index is 0.192. The highest BCUT2D eigenvalue weighted by atomic mass is 35.5. The van der Waals surface area contributed by atoms with Crippen molar-refractivity contribution in [2.24, 2.45) is 0 Å². The minimum atomic E-state index is -0.447. The highest BCUT2D eigenvalue weighted by Crippen LogP contribution is 2.25. The van der Waals surface area contributed by atoms with Gasteiger partial charge in [-0.25, -0.2) is 9.78 Å². The maximum Gasteiger partial charge on any atom is 0.337 e. The van der Waals surface area contributed by atoms with Crippen LogP contribution in [0.5, 0.6) is 5.75 Å². The predicted molar refractivity (Wildman–Crippen MR) is 129 cm³/mol. The molecule has 3 aromatic carbocycles. The third-order valence-corrected chi connectivity index (χ3v) is 5.38. The highest BCUT2D eigenvalue weighted by Gasteiger charge is 2.09. The van der Waals surface area contributed by atoms with Gasteiger partial charge in [0.1, 0.15) is 17.5 Å². The van der Waals surface area contributed by atoms with Crippen molar-refractivity contribution in [2.45, 2.75) is 6.61 Å². The van der Waals surface area contributed by atoms with Gasteiger partial charge in [0.15, 0.2) is 5.78 Å². The van der Waals surface area contributed by atoms with Gasteiger partial charge in [0.05, 0.1) is 18.2 Å². The maximum atomic E-state index is 12.6. The molecule has 33 heavy (non-hydrogen) atoms. The van der Waals surface area contributed by atoms with E-state index in [4.69, 9.17) is 16.3 Å². The average molecular weight is 458 g/mol. The number of esters is 1. The number of hydrogen-bond donors (Lipinski definition) is 0. The van der Waals surface area contributed by atoms with E-state index in [2.05, 4.69) is 9.72 Å². The lowest BCUT2D eigenvalue weighted by molar-refractivity contribution is 0.0600. The second-order valence-corrected chi connectivity index (χ2v) is 7.58. The molecule has 0 unspecified atom stereocenters. The van der Waals surface area contributed by atoms with Gasteiger partial charge in [-0.1, -0.05) is 60.1 Å². The van der Waals surface area contributed by atoms with Crippen molar-refractivity contribution in [1.82, 2.24) is 4.98 Å². The number of pyridine rings is 1. The molecule has 0 radical (unpaired) electrons. The first-order chi connectivity index (χ1) is 16.0. The summed E-state index contributed by atoms with van der Waals surface area (Å²) < 4.78 is 10.7. The first kappa shape index (κ1) is 22.2. The van der Waals surface area contributed by atoms with Gasteiger partial charge in [0.25, 0.3) is 0 Å². The molecular formula is C27H20ClNO4. The molecule has 5 nitrogen and oxygen atoms in total. The molecule has 164 valence electrons. The fraction of sp³-hybridized carbons (Fsp3) is 0.0741. The van der Waals surface area contributed by atoms with Crippen molar-refractivity contribution in [1.29, 1.82) is 0 Å². The van der Waals surface area contributed by atoms with Gasteiger partial charge in [-0.15, -0.1) is 0 Å². The van der Waals surface area contributed by atoms with Gasteiger partial charge >= 0.3 is 5.97 Å². The van der Waals surface area contributed by atoms with Crippen LogP contribution < -0.4 is 4.74 Å². The van der Waals surface area contributed by atoms with Crippen molar-refractivity contribution in [3.05, 3.63) is 112 Å². The summed E-state index contributed by atoms with van der Waals surface area (Å²) >= 11 is 6.34. The number of para-hydroxylation sites is 2. The standard InChI is InChI=1S/C27H20ClNO4/c1-32-27(31)20-12-10-18(11-13-20)24(30)15-14-19-6-3-5-9-25(19)33-17-22-16-21-7-2-4-8-23(21)29-26(22)28/h2-16H,17H2,1H3. The number of benzene rings is 3. The van der Waals surface area contributed by atoms with Crippen LogP contribution in [0.25, 0.3) is 17.0 Å². The fourth-order valence-electron chi connectivity index (χ4n) is 3.29. The van der Waals surface area contributed by atoms with Crippen molar-refractivity contribution < 1.29 is 19.1 Å². The normalized spacial score (nSPS) is 11.0. The van der Waals surface area contributed by atoms with Gasteiger partial charge in [-0.3, -0.25) is 4.79 Å². The molecule has 0 aliphatic rings. The summed E-state index contributed by atoms with van der Waals surface area (Å²) in [6, 6.07) is 23.4. The van der Waals surface area contributed by atoms with E-state index >= 15 is 0 Å². The van der Waals surface area contributed by atoms with Crippen molar-refractivity contribution in [3.8, 4) is 5.75 Å². The number of fused-ring (bicyclic) bond motifs is 1. The summed E-state index contributed by atoms with van der Waals surface area (Å²) in [4.78, 5) is 28.5. The molecule has 0 spiro atoms. The molecular weight excluding hydrogens is 438 g/mol. The molecule has 0 N–H and O–H groups in total. The topological polar surface area (TPSA) is 65.5 Å². The Bertz CT molecular complexity index is 1350. The zero-order valence-electron chi connectivity index (χ0n) is 17.8. The van der Waals surface area contributed by atoms with Gasteiger partial charge in [-0.05, 0) is 42.5 Å². The number of nitrogens with zero attached hydrogens (tertiary/aromatic N) is 1. The van der Waals surface area contributed by atoms with E-state index in [1.807, 2.05) is 54.6 Å². The summed E-state index contributed by atoms with van der Waals surface area (Å²) in [5, 5.41) is 1.38. The second-order valence-electron chi connectivity index (χ2n) is 7.22. The Balaban J connectivity index is 1.48. The van der Waals surface area contributed by atoms with Crippen LogP contribution in [0.4, 0.5) is 0 Å². The number of ketones is 1. The molecule has 0 amide bonds. The molecule has 0 atom stereocenters. The van der Waals surface area contributed by atoms with E-state index in [1.165, 1.54) is 13.2 Å². The summed E-state index contributed by atoms with van der Waals surface area (Å²) in [6.45, 7) is 0.241. The molecule has 4 rings (SSSR count). The quantitative estimate of drug-likeness (QED) is 0.144. The number of carbonyl (C=O) groups excluding carboxylic acids is 2. The molecule has 1 heterocycles. The second kappa shape index (κ2) is 10.1. The minimum Gasteiger partial charge on any atom is -0.488 e. The Kier molecular flexibility index (Phi) is 6.81. The Morgan fingerprint density at radius 1 is 0.939 bits per heavy atom. The highest BCUT2D eigenvalue weighted by molar-refractivity contribution is 6.30. The molecule has 0 aliphatic heterocycles. The third-order valence-electron chi connectivity index (χ3n) is 5.06. The Morgan fingerprint density at radius 2 is 1.64 bits per heavy atom. The van der Waals surface area contributed by atoms with Crippen LogP contribution in [0.3, 0.4) is 0 Å². The Labute approximate surface area is 196 Å². The van der Waals surface area contributed by atoms with E-state index in [0.717, 1.165) is 22.0 Å². The van der Waals surface area contributed by atoms with Crippen LogP contribution in [0.15, 0.2) is 84.9 Å². The van der Waals surface area contributed by atoms with E-state index in [-0.39, 0.29) is 12.4 Å². The van der Waals surface area contributed by atoms with Crippen LogP contribution in [-0.2, 0) is 11.3 Å². The van der Waals surface area contributed by atoms with Crippen molar-refractivity contribution in [3.63, 3.8) is 0 Å². The lowest BCUT2D eigenvalue weighted by atomic mass is 10.1. The van der Waals surface area contributed by atoms with Crippen molar-refractivity contribution in [2.75, 3.05) is 7.11 Å². The largest absolute Gasteiger partial charge is 0.488 e. The van der Waals surface area contributed by atoms with Gasteiger partial charge in [0, 0.05) is 22.1 Å². The zero-order valence-corrected chi connectivity index (χ0v) is 18.6. The number of rotatable bonds is 7. The van der Waals surface area contributed by atoms with E-state index in [9.17, 15) is 9.59 Å². The number of hydrogen-bond acceptors (Lipinski definition) is 5. The van der Waals surface area contributed by atoms with E-state index in [1.54, 1.807) is 30.3 Å². The van der Waals surface area contributed by atoms with Gasteiger partial charge in [-0.2, -0.15) is 0 Å². The van der Waals surface area contributed by atoms with Crippen LogP contribution >= 0.6 is 11.6 Å². The van der Waals surface area contributed by atoms with E-state index < -0.39 is 5.97 Å². The predicted octanol–water partition coefficient (Wildman–Crippen LogP) is 6.15. The molecule has 0 saturated heterocycles. The molecule has 0 bridgehead atoms. The van der Waals surface area contributed by atoms with Crippen molar-refractivity contribution >= 4 is 40.3 Å². The lowest BCUT2D eigenvalue weighted by Crippen LogP contribution is -2.02. The molecule has 0 fully saturated rings. The SMILES string of the molecule is COC(=O)c1ccc(C(=O)C=Cc2ccccc2OCc2cc3ccccc3nc2Cl)cc1. The average Bonchev–Trinajstić information content (AvgIpc) is 2.86. The van der Waals surface area contributed by atoms with Crippen LogP contribution in [0, 0.1) is 0 Å². The molecule has 1 aromatic heterocycles. The first-order valence-corrected chi connectivity index (χ1v) is 10.6. The summed E-state index contributed by atoms with van der Waals surface area (Å²) in [5.74, 6) is -0.0212. The maximum absolute atomic E-state index is 12.6. The molecule has 4 aromatic rings. The summed E-state index contributed by atoms with van der Waals surface area (Å²) in [6.07, 6.45) is 3.17. The Morgan fingerprint density at radius 3 is 2.42 bits per heavy atom. The number of halogens is 1. The van der Waals surface area contributed by atoms with Crippen LogP contribution in [0.1, 0.15) is 31.8 Å². The smallest absolute Gasteiger partial charge is 0.337 e. The lowest BCUT2D eigenvalue weighted by Gasteiger charge is -2.11. The monoisotopic (exact) mass is 457 g/mol. The van der Waals surface area contributed by atoms with Crippen LogP contribution in [-0.4, -0.2) is 23.8 Å². The molecule has 6 heteroatoms. The number of aromatic nitrogens is 1. The number of ether oxygens (including phenoxy) is 2. The number of methoxy groups -OCH3 is 1. The summed E-state index contributed by atoms with van der Waals surface area (Å²) in [7, 11) is 1.31. The first-order valence-electron chi connectivity index (χ1n) is 10.2.